The second-order valence-electron chi connectivity index (χ2n) is 5.13. The highest BCUT2D eigenvalue weighted by molar-refractivity contribution is 7.99. The van der Waals surface area contributed by atoms with Gasteiger partial charge in [0.25, 0.3) is 0 Å². The average Bonchev–Trinajstić information content (AvgIpc) is 3.18. The zero-order valence-corrected chi connectivity index (χ0v) is 11.9. The summed E-state index contributed by atoms with van der Waals surface area (Å²) in [6.07, 6.45) is 2.65. The van der Waals surface area contributed by atoms with E-state index in [9.17, 15) is 14.4 Å². The van der Waals surface area contributed by atoms with Crippen LogP contribution in [0.4, 0.5) is 0 Å². The Morgan fingerprint density at radius 1 is 1.33 bits per heavy atom. The number of amides is 2. The van der Waals surface area contributed by atoms with Crippen LogP contribution in [-0.2, 0) is 14.4 Å². The summed E-state index contributed by atoms with van der Waals surface area (Å²) in [7, 11) is 0. The van der Waals surface area contributed by atoms with Crippen molar-refractivity contribution in [2.24, 2.45) is 0 Å². The van der Waals surface area contributed by atoms with Crippen molar-refractivity contribution in [1.29, 1.82) is 0 Å². The van der Waals surface area contributed by atoms with Gasteiger partial charge in [-0.15, -0.1) is 10.2 Å². The number of nitrogens with zero attached hydrogens (tertiary/aromatic N) is 3. The SMILES string of the molecule is O=C(O)CSc1nnc(C2CC2)n1C1CCC(=O)NC1=O. The van der Waals surface area contributed by atoms with E-state index in [1.807, 2.05) is 0 Å². The van der Waals surface area contributed by atoms with E-state index >= 15 is 0 Å². The Morgan fingerprint density at radius 3 is 2.71 bits per heavy atom. The summed E-state index contributed by atoms with van der Waals surface area (Å²) in [6.45, 7) is 0. The Labute approximate surface area is 124 Å². The lowest BCUT2D eigenvalue weighted by molar-refractivity contribution is -0.136. The molecular weight excluding hydrogens is 296 g/mol. The quantitative estimate of drug-likeness (QED) is 0.594. The van der Waals surface area contributed by atoms with Gasteiger partial charge in [0.15, 0.2) is 5.16 Å². The zero-order valence-electron chi connectivity index (χ0n) is 11.1. The minimum absolute atomic E-state index is 0.143. The Balaban J connectivity index is 1.90. The number of rotatable bonds is 5. The number of carbonyl (C=O) groups excluding carboxylic acids is 2. The first kappa shape index (κ1) is 14.1. The lowest BCUT2D eigenvalue weighted by Crippen LogP contribution is -2.42. The summed E-state index contributed by atoms with van der Waals surface area (Å²) < 4.78 is 1.72. The summed E-state index contributed by atoms with van der Waals surface area (Å²) in [5, 5.41) is 19.7. The molecule has 21 heavy (non-hydrogen) atoms. The van der Waals surface area contributed by atoms with E-state index in [-0.39, 0.29) is 29.9 Å². The van der Waals surface area contributed by atoms with Crippen molar-refractivity contribution in [2.75, 3.05) is 5.75 Å². The number of thioether (sulfide) groups is 1. The lowest BCUT2D eigenvalue weighted by Gasteiger charge is -2.24. The molecule has 9 heteroatoms. The van der Waals surface area contributed by atoms with E-state index in [4.69, 9.17) is 5.11 Å². The fourth-order valence-corrected chi connectivity index (χ4v) is 3.07. The molecule has 0 spiro atoms. The molecule has 1 saturated heterocycles. The summed E-state index contributed by atoms with van der Waals surface area (Å²) in [5.41, 5.74) is 0. The molecule has 1 aromatic heterocycles. The lowest BCUT2D eigenvalue weighted by atomic mass is 10.1. The number of hydrogen-bond donors (Lipinski definition) is 2. The van der Waals surface area contributed by atoms with Gasteiger partial charge in [-0.1, -0.05) is 11.8 Å². The number of hydrogen-bond acceptors (Lipinski definition) is 6. The van der Waals surface area contributed by atoms with Crippen molar-refractivity contribution in [3.8, 4) is 0 Å². The Morgan fingerprint density at radius 2 is 2.10 bits per heavy atom. The topological polar surface area (TPSA) is 114 Å². The average molecular weight is 310 g/mol. The molecule has 2 N–H and O–H groups in total. The fraction of sp³-hybridized carbons (Fsp3) is 0.583. The van der Waals surface area contributed by atoms with Crippen LogP contribution in [0.5, 0.6) is 0 Å². The number of nitrogens with one attached hydrogen (secondary N) is 1. The van der Waals surface area contributed by atoms with Crippen molar-refractivity contribution in [3.05, 3.63) is 5.82 Å². The largest absolute Gasteiger partial charge is 0.481 e. The molecule has 0 bridgehead atoms. The van der Waals surface area contributed by atoms with Crippen LogP contribution in [0.25, 0.3) is 0 Å². The molecule has 1 aromatic rings. The predicted molar refractivity (Wildman–Crippen MR) is 71.8 cm³/mol. The third-order valence-electron chi connectivity index (χ3n) is 3.48. The predicted octanol–water partition coefficient (Wildman–Crippen LogP) is 0.310. The van der Waals surface area contributed by atoms with Crippen LogP contribution >= 0.6 is 11.8 Å². The molecule has 1 aliphatic heterocycles. The normalized spacial score (nSPS) is 22.2. The van der Waals surface area contributed by atoms with Crippen molar-refractivity contribution in [1.82, 2.24) is 20.1 Å². The number of carboxylic acids is 1. The first-order valence-electron chi connectivity index (χ1n) is 6.69. The fourth-order valence-electron chi connectivity index (χ4n) is 2.35. The number of aliphatic carboxylic acids is 1. The second-order valence-corrected chi connectivity index (χ2v) is 6.08. The third-order valence-corrected chi connectivity index (χ3v) is 4.41. The van der Waals surface area contributed by atoms with Crippen LogP contribution in [0.1, 0.15) is 43.5 Å². The Hall–Kier alpha value is -1.90. The standard InChI is InChI=1S/C12H14N4O4S/c17-8-4-3-7(11(20)13-8)16-10(6-1-2-6)14-15-12(16)21-5-9(18)19/h6-7H,1-5H2,(H,18,19)(H,13,17,20). The van der Waals surface area contributed by atoms with Crippen molar-refractivity contribution < 1.29 is 19.5 Å². The molecule has 1 aliphatic carbocycles. The van der Waals surface area contributed by atoms with Gasteiger partial charge >= 0.3 is 5.97 Å². The van der Waals surface area contributed by atoms with Crippen LogP contribution < -0.4 is 5.32 Å². The van der Waals surface area contributed by atoms with E-state index in [2.05, 4.69) is 15.5 Å². The van der Waals surface area contributed by atoms with E-state index in [1.165, 1.54) is 0 Å². The molecule has 8 nitrogen and oxygen atoms in total. The molecule has 0 aromatic carbocycles. The molecule has 1 unspecified atom stereocenters. The van der Waals surface area contributed by atoms with Crippen LogP contribution in [0.2, 0.25) is 0 Å². The molecule has 0 radical (unpaired) electrons. The number of piperidine rings is 1. The minimum atomic E-state index is -0.953. The molecule has 2 aliphatic rings. The molecule has 2 heterocycles. The Bertz CT molecular complexity index is 610. The monoisotopic (exact) mass is 310 g/mol. The van der Waals surface area contributed by atoms with Gasteiger partial charge in [-0.3, -0.25) is 24.3 Å². The highest BCUT2D eigenvalue weighted by Gasteiger charge is 2.37. The highest BCUT2D eigenvalue weighted by atomic mass is 32.2. The molecule has 1 atom stereocenters. The van der Waals surface area contributed by atoms with Gasteiger partial charge in [0.2, 0.25) is 11.8 Å². The maximum absolute atomic E-state index is 12.1. The van der Waals surface area contributed by atoms with Gasteiger partial charge < -0.3 is 5.11 Å². The van der Waals surface area contributed by atoms with Gasteiger partial charge in [-0.05, 0) is 19.3 Å². The van der Waals surface area contributed by atoms with E-state index in [1.54, 1.807) is 4.57 Å². The summed E-state index contributed by atoms with van der Waals surface area (Å²) in [6, 6.07) is -0.537. The van der Waals surface area contributed by atoms with Crippen molar-refractivity contribution in [2.45, 2.75) is 42.8 Å². The minimum Gasteiger partial charge on any atom is -0.481 e. The number of carbonyl (C=O) groups is 3. The van der Waals surface area contributed by atoms with Gasteiger partial charge in [-0.25, -0.2) is 0 Å². The van der Waals surface area contributed by atoms with Gasteiger partial charge in [0, 0.05) is 12.3 Å². The van der Waals surface area contributed by atoms with Gasteiger partial charge in [0.1, 0.15) is 11.9 Å². The first-order chi connectivity index (χ1) is 10.1. The molecule has 2 fully saturated rings. The van der Waals surface area contributed by atoms with E-state index in [0.717, 1.165) is 30.4 Å². The maximum atomic E-state index is 12.1. The first-order valence-corrected chi connectivity index (χ1v) is 7.68. The summed E-state index contributed by atoms with van der Waals surface area (Å²) in [5.74, 6) is -0.747. The van der Waals surface area contributed by atoms with Gasteiger partial charge in [0.05, 0.1) is 5.75 Å². The van der Waals surface area contributed by atoms with Crippen LogP contribution in [0.15, 0.2) is 5.16 Å². The molecular formula is C12H14N4O4S. The van der Waals surface area contributed by atoms with Crippen molar-refractivity contribution >= 4 is 29.5 Å². The van der Waals surface area contributed by atoms with E-state index in [0.29, 0.717) is 11.6 Å². The van der Waals surface area contributed by atoms with Crippen LogP contribution in [-0.4, -0.2) is 43.4 Å². The number of carboxylic acid groups (broad SMARTS) is 1. The van der Waals surface area contributed by atoms with Crippen molar-refractivity contribution in [3.63, 3.8) is 0 Å². The highest BCUT2D eigenvalue weighted by Crippen LogP contribution is 2.42. The zero-order chi connectivity index (χ0) is 15.0. The van der Waals surface area contributed by atoms with E-state index < -0.39 is 12.0 Å². The second kappa shape index (κ2) is 5.47. The smallest absolute Gasteiger partial charge is 0.313 e. The number of imide groups is 1. The van der Waals surface area contributed by atoms with Gasteiger partial charge in [-0.2, -0.15) is 0 Å². The number of aromatic nitrogens is 3. The summed E-state index contributed by atoms with van der Waals surface area (Å²) in [4.78, 5) is 34.0. The summed E-state index contributed by atoms with van der Waals surface area (Å²) >= 11 is 1.04. The van der Waals surface area contributed by atoms with Crippen LogP contribution in [0.3, 0.4) is 0 Å². The maximum Gasteiger partial charge on any atom is 0.313 e. The molecule has 2 amide bonds. The third kappa shape index (κ3) is 2.92. The van der Waals surface area contributed by atoms with Crippen LogP contribution in [0, 0.1) is 0 Å². The Kier molecular flexibility index (Phi) is 3.66. The molecule has 3 rings (SSSR count). The molecule has 112 valence electrons. The molecule has 1 saturated carbocycles.